The monoisotopic (exact) mass is 858 g/mol. The third kappa shape index (κ3) is 5.89. The summed E-state index contributed by atoms with van der Waals surface area (Å²) in [6.07, 6.45) is 0. The van der Waals surface area contributed by atoms with Crippen molar-refractivity contribution < 1.29 is 4.42 Å². The molecule has 0 bridgehead atoms. The normalized spacial score (nSPS) is 11.9. The van der Waals surface area contributed by atoms with E-state index in [2.05, 4.69) is 264 Å². The van der Waals surface area contributed by atoms with Crippen LogP contribution < -0.4 is 20.7 Å². The van der Waals surface area contributed by atoms with Gasteiger partial charge >= 0.3 is 0 Å². The van der Waals surface area contributed by atoms with Crippen LogP contribution in [0.3, 0.4) is 0 Å². The van der Waals surface area contributed by atoms with Gasteiger partial charge in [0.15, 0.2) is 8.07 Å². The van der Waals surface area contributed by atoms with Crippen molar-refractivity contribution in [3.8, 4) is 33.6 Å². The molecular weight excluding hydrogens is 817 g/mol. The van der Waals surface area contributed by atoms with E-state index in [-0.39, 0.29) is 0 Å². The Balaban J connectivity index is 0.904. The van der Waals surface area contributed by atoms with Crippen molar-refractivity contribution in [2.45, 2.75) is 0 Å². The molecule has 0 aliphatic heterocycles. The fraction of sp³-hybridized carbons (Fsp3) is 0. The predicted molar refractivity (Wildman–Crippen MR) is 279 cm³/mol. The Morgan fingerprint density at radius 1 is 0.288 bits per heavy atom. The molecule has 3 heterocycles. The Bertz CT molecular complexity index is 3810. The van der Waals surface area contributed by atoms with E-state index < -0.39 is 8.07 Å². The summed E-state index contributed by atoms with van der Waals surface area (Å²) in [7, 11) is -2.73. The van der Waals surface area contributed by atoms with Gasteiger partial charge in [0.1, 0.15) is 5.58 Å². The number of nitrogens with zero attached hydrogens (tertiary/aromatic N) is 2. The lowest BCUT2D eigenvalue weighted by Gasteiger charge is -2.34. The molecule has 0 aliphatic carbocycles. The van der Waals surface area contributed by atoms with Gasteiger partial charge in [-0.1, -0.05) is 194 Å². The van der Waals surface area contributed by atoms with E-state index in [0.717, 1.165) is 44.5 Å². The highest BCUT2D eigenvalue weighted by Crippen LogP contribution is 2.41. The van der Waals surface area contributed by atoms with Crippen LogP contribution in [0.1, 0.15) is 0 Å². The molecule has 0 atom stereocenters. The minimum absolute atomic E-state index is 0.871. The quantitative estimate of drug-likeness (QED) is 0.110. The van der Waals surface area contributed by atoms with E-state index in [1.807, 2.05) is 0 Å². The van der Waals surface area contributed by atoms with Crippen LogP contribution in [0.2, 0.25) is 0 Å². The number of benzene rings is 10. The standard InChI is InChI=1S/C62H42N2OSi/c1-5-18-47(19-6-1)64-58-31-16-14-29-54(58)61-56-41-46(37-39-60(56)65-62(61)64)44-34-32-43(33-35-44)45-36-38-59-55(40-45)53-28-13-15-30-57(53)63(59)48-20-17-27-52(42-48)66(49-21-7-2-8-22-49,50-23-9-3-10-24-50)51-25-11-4-12-26-51/h1-42H. The first-order valence-corrected chi connectivity index (χ1v) is 24.7. The highest BCUT2D eigenvalue weighted by atomic mass is 28.3. The summed E-state index contributed by atoms with van der Waals surface area (Å²) in [5.41, 5.74) is 12.2. The van der Waals surface area contributed by atoms with E-state index >= 15 is 0 Å². The molecule has 0 saturated heterocycles. The number of rotatable bonds is 8. The zero-order chi connectivity index (χ0) is 43.6. The fourth-order valence-electron chi connectivity index (χ4n) is 10.7. The zero-order valence-electron chi connectivity index (χ0n) is 36.1. The molecule has 310 valence electrons. The molecule has 0 spiro atoms. The van der Waals surface area contributed by atoms with Crippen LogP contribution in [0.15, 0.2) is 259 Å². The van der Waals surface area contributed by atoms with Gasteiger partial charge in [0.2, 0.25) is 5.71 Å². The third-order valence-electron chi connectivity index (χ3n) is 13.7. The van der Waals surface area contributed by atoms with Gasteiger partial charge in [-0.2, -0.15) is 0 Å². The summed E-state index contributed by atoms with van der Waals surface area (Å²) in [6, 6.07) is 93.3. The number of hydrogen-bond donors (Lipinski definition) is 0. The van der Waals surface area contributed by atoms with E-state index in [0.29, 0.717) is 0 Å². The smallest absolute Gasteiger partial charge is 0.213 e. The average molecular weight is 859 g/mol. The largest absolute Gasteiger partial charge is 0.439 e. The number of para-hydroxylation sites is 3. The van der Waals surface area contributed by atoms with E-state index in [9.17, 15) is 0 Å². The van der Waals surface area contributed by atoms with Crippen molar-refractivity contribution >= 4 is 83.6 Å². The maximum Gasteiger partial charge on any atom is 0.213 e. The lowest BCUT2D eigenvalue weighted by molar-refractivity contribution is 0.645. The second kappa shape index (κ2) is 15.4. The van der Waals surface area contributed by atoms with Crippen LogP contribution >= 0.6 is 0 Å². The van der Waals surface area contributed by atoms with Crippen LogP contribution in [-0.2, 0) is 0 Å². The first kappa shape index (κ1) is 38.1. The molecular formula is C62H42N2OSi. The minimum Gasteiger partial charge on any atom is -0.439 e. The second-order valence-electron chi connectivity index (χ2n) is 17.2. The molecule has 0 saturated carbocycles. The van der Waals surface area contributed by atoms with Gasteiger partial charge in [-0.3, -0.25) is 4.57 Å². The van der Waals surface area contributed by atoms with E-state index in [1.54, 1.807) is 0 Å². The van der Waals surface area contributed by atoms with Gasteiger partial charge in [-0.15, -0.1) is 0 Å². The van der Waals surface area contributed by atoms with Crippen LogP contribution in [0.25, 0.3) is 88.4 Å². The van der Waals surface area contributed by atoms with Crippen molar-refractivity contribution in [3.05, 3.63) is 255 Å². The number of furan rings is 1. The molecule has 3 nitrogen and oxygen atoms in total. The third-order valence-corrected chi connectivity index (χ3v) is 18.5. The molecule has 3 aromatic heterocycles. The van der Waals surface area contributed by atoms with Crippen molar-refractivity contribution in [1.29, 1.82) is 0 Å². The van der Waals surface area contributed by atoms with Gasteiger partial charge in [-0.25, -0.2) is 0 Å². The number of hydrogen-bond acceptors (Lipinski definition) is 1. The second-order valence-corrected chi connectivity index (χ2v) is 21.1. The van der Waals surface area contributed by atoms with Gasteiger partial charge < -0.3 is 8.98 Å². The zero-order valence-corrected chi connectivity index (χ0v) is 37.1. The lowest BCUT2D eigenvalue weighted by Crippen LogP contribution is -2.74. The molecule has 0 fully saturated rings. The van der Waals surface area contributed by atoms with Gasteiger partial charge in [0.05, 0.1) is 21.9 Å². The highest BCUT2D eigenvalue weighted by molar-refractivity contribution is 7.19. The highest BCUT2D eigenvalue weighted by Gasteiger charge is 2.41. The Labute approximate surface area is 383 Å². The minimum atomic E-state index is -2.73. The Morgan fingerprint density at radius 3 is 1.36 bits per heavy atom. The molecule has 0 radical (unpaired) electrons. The summed E-state index contributed by atoms with van der Waals surface area (Å²) >= 11 is 0. The molecule has 4 heteroatoms. The molecule has 13 aromatic rings. The summed E-state index contributed by atoms with van der Waals surface area (Å²) in [6.45, 7) is 0. The van der Waals surface area contributed by atoms with Crippen molar-refractivity contribution in [1.82, 2.24) is 9.13 Å². The van der Waals surface area contributed by atoms with E-state index in [4.69, 9.17) is 4.42 Å². The molecule has 10 aromatic carbocycles. The Kier molecular flexibility index (Phi) is 8.86. The van der Waals surface area contributed by atoms with Crippen molar-refractivity contribution in [2.24, 2.45) is 0 Å². The van der Waals surface area contributed by atoms with Gasteiger partial charge in [0.25, 0.3) is 0 Å². The topological polar surface area (TPSA) is 23.0 Å². The van der Waals surface area contributed by atoms with Gasteiger partial charge in [-0.05, 0) is 104 Å². The number of fused-ring (bicyclic) bond motifs is 8. The molecule has 13 rings (SSSR count). The Morgan fingerprint density at radius 2 is 0.742 bits per heavy atom. The van der Waals surface area contributed by atoms with Crippen LogP contribution in [0.4, 0.5) is 0 Å². The Hall–Kier alpha value is -8.44. The summed E-state index contributed by atoms with van der Waals surface area (Å²) in [4.78, 5) is 0. The maximum atomic E-state index is 6.62. The summed E-state index contributed by atoms with van der Waals surface area (Å²) in [5, 5.41) is 11.4. The molecule has 66 heavy (non-hydrogen) atoms. The molecule has 0 aliphatic rings. The van der Waals surface area contributed by atoms with Crippen molar-refractivity contribution in [2.75, 3.05) is 0 Å². The average Bonchev–Trinajstić information content (AvgIpc) is 4.04. The molecule has 0 amide bonds. The van der Waals surface area contributed by atoms with Crippen molar-refractivity contribution in [3.63, 3.8) is 0 Å². The summed E-state index contributed by atoms with van der Waals surface area (Å²) < 4.78 is 11.3. The van der Waals surface area contributed by atoms with Gasteiger partial charge in [0, 0.05) is 32.9 Å². The fourth-order valence-corrected chi connectivity index (χ4v) is 15.5. The van der Waals surface area contributed by atoms with E-state index in [1.165, 1.54) is 64.6 Å². The maximum absolute atomic E-state index is 6.62. The first-order chi connectivity index (χ1) is 32.7. The van der Waals surface area contributed by atoms with Crippen LogP contribution in [-0.4, -0.2) is 17.2 Å². The molecule has 0 unspecified atom stereocenters. The lowest BCUT2D eigenvalue weighted by atomic mass is 9.98. The predicted octanol–water partition coefficient (Wildman–Crippen LogP) is 13.3. The summed E-state index contributed by atoms with van der Waals surface area (Å²) in [5.74, 6) is 0. The number of aromatic nitrogens is 2. The van der Waals surface area contributed by atoms with Crippen LogP contribution in [0.5, 0.6) is 0 Å². The molecule has 0 N–H and O–H groups in total. The first-order valence-electron chi connectivity index (χ1n) is 22.7. The van der Waals surface area contributed by atoms with Crippen LogP contribution in [0, 0.1) is 0 Å². The SMILES string of the molecule is c1ccc(-n2c3ccccc3c3c4cc(-c5ccc(-c6ccc7c(c6)c6ccccc6n7-c6cccc([Si](c7ccccc7)(c7ccccc7)c7ccccc7)c6)cc5)ccc4oc32)cc1.